The molecule has 3 rings (SSSR count). The fourth-order valence-corrected chi connectivity index (χ4v) is 3.36. The van der Waals surface area contributed by atoms with Crippen molar-refractivity contribution >= 4 is 21.4 Å². The molecule has 0 spiro atoms. The summed E-state index contributed by atoms with van der Waals surface area (Å²) in [6, 6.07) is 1.55. The number of ether oxygens (including phenoxy) is 1. The summed E-state index contributed by atoms with van der Waals surface area (Å²) >= 11 is 1.46. The molecular formula is C14H18N4O2S. The van der Waals surface area contributed by atoms with Gasteiger partial charge < -0.3 is 9.64 Å². The summed E-state index contributed by atoms with van der Waals surface area (Å²) in [5, 5.41) is 5.23. The monoisotopic (exact) mass is 306 g/mol. The number of hydrogen-bond acceptors (Lipinski definition) is 6. The maximum absolute atomic E-state index is 12.0. The highest BCUT2D eigenvalue weighted by Gasteiger charge is 2.25. The van der Waals surface area contributed by atoms with Crippen LogP contribution < -0.4 is 10.5 Å². The molecule has 0 saturated carbocycles. The van der Waals surface area contributed by atoms with E-state index < -0.39 is 0 Å². The van der Waals surface area contributed by atoms with Crippen molar-refractivity contribution in [3.63, 3.8) is 0 Å². The Morgan fingerprint density at radius 3 is 3.24 bits per heavy atom. The largest absolute Gasteiger partial charge is 0.372 e. The zero-order chi connectivity index (χ0) is 14.8. The Kier molecular flexibility index (Phi) is 4.03. The van der Waals surface area contributed by atoms with Crippen LogP contribution in [0.15, 0.2) is 23.5 Å². The van der Waals surface area contributed by atoms with E-state index in [4.69, 9.17) is 4.74 Å². The number of nitrogens with zero attached hydrogens (tertiary/aromatic N) is 4. The van der Waals surface area contributed by atoms with Gasteiger partial charge in [0.2, 0.25) is 10.1 Å². The van der Waals surface area contributed by atoms with E-state index in [0.717, 1.165) is 36.8 Å². The zero-order valence-electron chi connectivity index (χ0n) is 12.0. The van der Waals surface area contributed by atoms with Gasteiger partial charge in [0.15, 0.2) is 0 Å². The first-order valence-corrected chi connectivity index (χ1v) is 7.90. The standard InChI is InChI=1S/C14H18N4O2S/c1-3-7-20-11-5-6-17(9-11)14-16-18-12(19)8-10(4-2)15-13(18)21-14/h3,8,11H,1,4-7,9H2,2H3. The molecule has 112 valence electrons. The molecule has 0 N–H and O–H groups in total. The van der Waals surface area contributed by atoms with Crippen LogP contribution in [0.1, 0.15) is 19.0 Å². The third kappa shape index (κ3) is 2.84. The molecule has 6 nitrogen and oxygen atoms in total. The Bertz CT molecular complexity index is 709. The van der Waals surface area contributed by atoms with Crippen LogP contribution >= 0.6 is 11.3 Å². The summed E-state index contributed by atoms with van der Waals surface area (Å²) in [7, 11) is 0. The minimum absolute atomic E-state index is 0.113. The fraction of sp³-hybridized carbons (Fsp3) is 0.500. The topological polar surface area (TPSA) is 59.7 Å². The lowest BCUT2D eigenvalue weighted by atomic mass is 10.3. The average Bonchev–Trinajstić information content (AvgIpc) is 3.11. The number of rotatable bonds is 5. The van der Waals surface area contributed by atoms with E-state index in [2.05, 4.69) is 21.6 Å². The van der Waals surface area contributed by atoms with Crippen molar-refractivity contribution in [2.75, 3.05) is 24.6 Å². The SMILES string of the molecule is C=CCOC1CCN(c2nn3c(=O)cc(CC)nc3s2)C1. The third-order valence-corrected chi connectivity index (χ3v) is 4.48. The van der Waals surface area contributed by atoms with E-state index >= 15 is 0 Å². The van der Waals surface area contributed by atoms with Gasteiger partial charge in [-0.3, -0.25) is 4.79 Å². The predicted octanol–water partition coefficient (Wildman–Crippen LogP) is 1.49. The van der Waals surface area contributed by atoms with Gasteiger partial charge in [0.25, 0.3) is 5.56 Å². The Morgan fingerprint density at radius 1 is 1.62 bits per heavy atom. The molecule has 1 unspecified atom stereocenters. The van der Waals surface area contributed by atoms with Crippen molar-refractivity contribution < 1.29 is 4.74 Å². The van der Waals surface area contributed by atoms with Crippen molar-refractivity contribution in [2.45, 2.75) is 25.9 Å². The highest BCUT2D eigenvalue weighted by atomic mass is 32.1. The first-order chi connectivity index (χ1) is 10.2. The molecule has 2 aromatic heterocycles. The average molecular weight is 306 g/mol. The summed E-state index contributed by atoms with van der Waals surface area (Å²) in [5.41, 5.74) is 0.696. The molecule has 0 radical (unpaired) electrons. The second kappa shape index (κ2) is 5.95. The van der Waals surface area contributed by atoms with Gasteiger partial charge in [-0.05, 0) is 12.8 Å². The summed E-state index contributed by atoms with van der Waals surface area (Å²) in [5.74, 6) is 0. The fourth-order valence-electron chi connectivity index (χ4n) is 2.40. The number of aryl methyl sites for hydroxylation is 1. The van der Waals surface area contributed by atoms with Crippen LogP contribution in [0.4, 0.5) is 5.13 Å². The van der Waals surface area contributed by atoms with Gasteiger partial charge >= 0.3 is 0 Å². The zero-order valence-corrected chi connectivity index (χ0v) is 12.8. The maximum Gasteiger partial charge on any atom is 0.275 e. The molecular weight excluding hydrogens is 288 g/mol. The van der Waals surface area contributed by atoms with Crippen LogP contribution in [0.3, 0.4) is 0 Å². The summed E-state index contributed by atoms with van der Waals surface area (Å²) in [6.45, 7) is 7.90. The predicted molar refractivity (Wildman–Crippen MR) is 83.3 cm³/mol. The van der Waals surface area contributed by atoms with Gasteiger partial charge in [0.05, 0.1) is 12.7 Å². The van der Waals surface area contributed by atoms with Gasteiger partial charge in [0, 0.05) is 24.8 Å². The van der Waals surface area contributed by atoms with Crippen molar-refractivity contribution in [3.05, 3.63) is 34.8 Å². The quantitative estimate of drug-likeness (QED) is 0.783. The maximum atomic E-state index is 12.0. The number of hydrogen-bond donors (Lipinski definition) is 0. The van der Waals surface area contributed by atoms with Crippen molar-refractivity contribution in [3.8, 4) is 0 Å². The second-order valence-corrected chi connectivity index (χ2v) is 5.93. The first kappa shape index (κ1) is 14.2. The van der Waals surface area contributed by atoms with Gasteiger partial charge in [-0.25, -0.2) is 4.98 Å². The Morgan fingerprint density at radius 2 is 2.48 bits per heavy atom. The van der Waals surface area contributed by atoms with Crippen LogP contribution in [0, 0.1) is 0 Å². The molecule has 0 aliphatic carbocycles. The molecule has 1 aliphatic heterocycles. The van der Waals surface area contributed by atoms with E-state index in [1.54, 1.807) is 12.1 Å². The highest BCUT2D eigenvalue weighted by Crippen LogP contribution is 2.26. The molecule has 0 bridgehead atoms. The van der Waals surface area contributed by atoms with Gasteiger partial charge in [0.1, 0.15) is 0 Å². The van der Waals surface area contributed by atoms with E-state index in [1.165, 1.54) is 15.9 Å². The number of fused-ring (bicyclic) bond motifs is 1. The summed E-state index contributed by atoms with van der Waals surface area (Å²) < 4.78 is 7.06. The van der Waals surface area contributed by atoms with E-state index in [-0.39, 0.29) is 11.7 Å². The van der Waals surface area contributed by atoms with Gasteiger partial charge in [-0.2, -0.15) is 4.52 Å². The van der Waals surface area contributed by atoms with Gasteiger partial charge in [-0.15, -0.1) is 11.7 Å². The highest BCUT2D eigenvalue weighted by molar-refractivity contribution is 7.20. The van der Waals surface area contributed by atoms with Gasteiger partial charge in [-0.1, -0.05) is 24.3 Å². The molecule has 21 heavy (non-hydrogen) atoms. The Labute approximate surface area is 126 Å². The van der Waals surface area contributed by atoms with E-state index in [1.807, 2.05) is 6.92 Å². The van der Waals surface area contributed by atoms with Crippen molar-refractivity contribution in [2.24, 2.45) is 0 Å². The normalized spacial score (nSPS) is 18.5. The van der Waals surface area contributed by atoms with E-state index in [0.29, 0.717) is 11.6 Å². The molecule has 1 fully saturated rings. The summed E-state index contributed by atoms with van der Waals surface area (Å²) in [4.78, 5) is 19.3. The lowest BCUT2D eigenvalue weighted by molar-refractivity contribution is 0.0909. The van der Waals surface area contributed by atoms with Crippen LogP contribution in [0.5, 0.6) is 0 Å². The summed E-state index contributed by atoms with van der Waals surface area (Å²) in [6.07, 6.45) is 3.67. The first-order valence-electron chi connectivity index (χ1n) is 7.08. The molecule has 1 saturated heterocycles. The lowest BCUT2D eigenvalue weighted by Crippen LogP contribution is -2.23. The molecule has 2 aromatic rings. The van der Waals surface area contributed by atoms with Crippen LogP contribution in [0.2, 0.25) is 0 Å². The minimum atomic E-state index is -0.113. The molecule has 1 atom stereocenters. The number of anilines is 1. The smallest absolute Gasteiger partial charge is 0.275 e. The molecule has 7 heteroatoms. The second-order valence-electron chi connectivity index (χ2n) is 5.00. The van der Waals surface area contributed by atoms with Crippen molar-refractivity contribution in [1.82, 2.24) is 14.6 Å². The minimum Gasteiger partial charge on any atom is -0.372 e. The van der Waals surface area contributed by atoms with E-state index in [9.17, 15) is 4.79 Å². The number of aromatic nitrogens is 3. The molecule has 1 aliphatic rings. The lowest BCUT2D eigenvalue weighted by Gasteiger charge is -2.13. The van der Waals surface area contributed by atoms with Crippen LogP contribution in [-0.2, 0) is 11.2 Å². The molecule has 0 amide bonds. The van der Waals surface area contributed by atoms with Crippen molar-refractivity contribution in [1.29, 1.82) is 0 Å². The Hall–Kier alpha value is -1.73. The van der Waals surface area contributed by atoms with Crippen LogP contribution in [-0.4, -0.2) is 40.4 Å². The third-order valence-electron chi connectivity index (χ3n) is 3.51. The Balaban J connectivity index is 1.83. The molecule has 0 aromatic carbocycles. The molecule has 3 heterocycles. The van der Waals surface area contributed by atoms with Crippen LogP contribution in [0.25, 0.3) is 4.96 Å².